The molecule has 0 aromatic heterocycles. The highest BCUT2D eigenvalue weighted by atomic mass is 32.2. The van der Waals surface area contributed by atoms with Crippen molar-refractivity contribution in [1.29, 1.82) is 0 Å². The van der Waals surface area contributed by atoms with E-state index in [1.54, 1.807) is 29.2 Å². The normalized spacial score (nSPS) is 11.3. The Labute approximate surface area is 166 Å². The van der Waals surface area contributed by atoms with E-state index in [0.717, 1.165) is 4.31 Å². The number of hydrogen-bond donors (Lipinski definition) is 1. The van der Waals surface area contributed by atoms with E-state index in [1.807, 2.05) is 13.8 Å². The summed E-state index contributed by atoms with van der Waals surface area (Å²) in [6, 6.07) is 12.4. The monoisotopic (exact) mass is 403 g/mol. The summed E-state index contributed by atoms with van der Waals surface area (Å²) in [6.45, 7) is 5.11. The number of nitrogens with one attached hydrogen (secondary N) is 1. The largest absolute Gasteiger partial charge is 0.339 e. The number of benzene rings is 2. The Hall–Kier alpha value is -2.71. The maximum atomic E-state index is 12.4. The van der Waals surface area contributed by atoms with Gasteiger partial charge in [0.05, 0.1) is 4.90 Å². The molecular weight excluding hydrogens is 378 g/mol. The number of carbonyl (C=O) groups is 2. The lowest BCUT2D eigenvalue weighted by Gasteiger charge is -2.18. The van der Waals surface area contributed by atoms with Gasteiger partial charge in [-0.2, -0.15) is 0 Å². The van der Waals surface area contributed by atoms with Gasteiger partial charge in [-0.25, -0.2) is 12.7 Å². The first kappa shape index (κ1) is 21.6. The van der Waals surface area contributed by atoms with Gasteiger partial charge < -0.3 is 10.2 Å². The van der Waals surface area contributed by atoms with Crippen LogP contribution in [0.1, 0.15) is 34.6 Å². The first-order chi connectivity index (χ1) is 13.2. The zero-order valence-corrected chi connectivity index (χ0v) is 17.3. The number of sulfonamides is 1. The van der Waals surface area contributed by atoms with Gasteiger partial charge in [0, 0.05) is 44.0 Å². The third-order valence-corrected chi connectivity index (χ3v) is 6.16. The van der Waals surface area contributed by atoms with E-state index in [0.29, 0.717) is 29.9 Å². The first-order valence-corrected chi connectivity index (χ1v) is 10.4. The van der Waals surface area contributed by atoms with E-state index in [4.69, 9.17) is 0 Å². The molecule has 28 heavy (non-hydrogen) atoms. The number of nitrogens with zero attached hydrogens (tertiary/aromatic N) is 2. The second-order valence-corrected chi connectivity index (χ2v) is 8.47. The van der Waals surface area contributed by atoms with Crippen LogP contribution < -0.4 is 5.32 Å². The lowest BCUT2D eigenvalue weighted by Crippen LogP contribution is -2.30. The molecule has 0 atom stereocenters. The molecule has 0 heterocycles. The van der Waals surface area contributed by atoms with E-state index in [2.05, 4.69) is 5.32 Å². The molecule has 150 valence electrons. The smallest absolute Gasteiger partial charge is 0.255 e. The van der Waals surface area contributed by atoms with Crippen molar-refractivity contribution in [2.45, 2.75) is 18.7 Å². The minimum Gasteiger partial charge on any atom is -0.339 e. The Kier molecular flexibility index (Phi) is 6.93. The van der Waals surface area contributed by atoms with Crippen molar-refractivity contribution in [3.05, 3.63) is 59.7 Å². The van der Waals surface area contributed by atoms with Crippen LogP contribution in [0.2, 0.25) is 0 Å². The second-order valence-electron chi connectivity index (χ2n) is 6.32. The summed E-state index contributed by atoms with van der Waals surface area (Å²) >= 11 is 0. The van der Waals surface area contributed by atoms with Gasteiger partial charge in [-0.05, 0) is 62.4 Å². The van der Waals surface area contributed by atoms with E-state index >= 15 is 0 Å². The van der Waals surface area contributed by atoms with Gasteiger partial charge in [0.15, 0.2) is 0 Å². The molecular formula is C20H25N3O4S. The predicted octanol–water partition coefficient (Wildman–Crippen LogP) is 2.67. The third-order valence-electron chi connectivity index (χ3n) is 4.34. The Morgan fingerprint density at radius 1 is 0.857 bits per heavy atom. The summed E-state index contributed by atoms with van der Waals surface area (Å²) in [5.74, 6) is -0.419. The Morgan fingerprint density at radius 2 is 1.36 bits per heavy atom. The van der Waals surface area contributed by atoms with Gasteiger partial charge >= 0.3 is 0 Å². The minimum absolute atomic E-state index is 0.0550. The maximum Gasteiger partial charge on any atom is 0.255 e. The van der Waals surface area contributed by atoms with Crippen molar-refractivity contribution in [3.8, 4) is 0 Å². The summed E-state index contributed by atoms with van der Waals surface area (Å²) in [5, 5.41) is 2.74. The van der Waals surface area contributed by atoms with Crippen molar-refractivity contribution in [3.63, 3.8) is 0 Å². The second kappa shape index (κ2) is 8.99. The molecule has 2 aromatic rings. The average Bonchev–Trinajstić information content (AvgIpc) is 2.69. The molecule has 2 aromatic carbocycles. The number of hydrogen-bond acceptors (Lipinski definition) is 4. The van der Waals surface area contributed by atoms with Crippen molar-refractivity contribution in [1.82, 2.24) is 9.21 Å². The number of anilines is 1. The van der Waals surface area contributed by atoms with Crippen LogP contribution in [0.15, 0.2) is 53.4 Å². The molecule has 0 aliphatic heterocycles. The zero-order valence-electron chi connectivity index (χ0n) is 16.5. The molecule has 0 bridgehead atoms. The van der Waals surface area contributed by atoms with Crippen LogP contribution in [0.25, 0.3) is 0 Å². The van der Waals surface area contributed by atoms with Crippen LogP contribution in [0.5, 0.6) is 0 Å². The first-order valence-electron chi connectivity index (χ1n) is 8.94. The van der Waals surface area contributed by atoms with Gasteiger partial charge in [-0.1, -0.05) is 0 Å². The molecule has 0 spiro atoms. The lowest BCUT2D eigenvalue weighted by atomic mass is 10.1. The SMILES string of the molecule is CCN(CC)C(=O)c1ccc(NC(=O)c2ccc(S(=O)(=O)N(C)C)cc2)cc1. The molecule has 8 heteroatoms. The molecule has 7 nitrogen and oxygen atoms in total. The van der Waals surface area contributed by atoms with E-state index in [9.17, 15) is 18.0 Å². The van der Waals surface area contributed by atoms with Crippen LogP contribution in [0.3, 0.4) is 0 Å². The zero-order chi connectivity index (χ0) is 20.9. The molecule has 0 radical (unpaired) electrons. The Morgan fingerprint density at radius 3 is 1.82 bits per heavy atom. The van der Waals surface area contributed by atoms with Crippen LogP contribution in [-0.4, -0.2) is 56.6 Å². The van der Waals surface area contributed by atoms with Crippen molar-refractivity contribution >= 4 is 27.5 Å². The van der Waals surface area contributed by atoms with Crippen molar-refractivity contribution < 1.29 is 18.0 Å². The van der Waals surface area contributed by atoms with Gasteiger partial charge in [0.1, 0.15) is 0 Å². The highest BCUT2D eigenvalue weighted by Gasteiger charge is 2.18. The fourth-order valence-corrected chi connectivity index (χ4v) is 3.48. The van der Waals surface area contributed by atoms with Crippen LogP contribution in [0.4, 0.5) is 5.69 Å². The summed E-state index contributed by atoms with van der Waals surface area (Å²) in [5.41, 5.74) is 1.44. The van der Waals surface area contributed by atoms with Crippen molar-refractivity contribution in [2.75, 3.05) is 32.5 Å². The van der Waals surface area contributed by atoms with E-state index < -0.39 is 10.0 Å². The summed E-state index contributed by atoms with van der Waals surface area (Å²) < 4.78 is 25.3. The summed E-state index contributed by atoms with van der Waals surface area (Å²) in [7, 11) is -0.639. The fraction of sp³-hybridized carbons (Fsp3) is 0.300. The quantitative estimate of drug-likeness (QED) is 0.770. The molecule has 1 N–H and O–H groups in total. The molecule has 0 saturated heterocycles. The van der Waals surface area contributed by atoms with Gasteiger partial charge in [0.2, 0.25) is 10.0 Å². The average molecular weight is 404 g/mol. The molecule has 2 rings (SSSR count). The van der Waals surface area contributed by atoms with E-state index in [-0.39, 0.29) is 16.7 Å². The lowest BCUT2D eigenvalue weighted by molar-refractivity contribution is 0.0773. The summed E-state index contributed by atoms with van der Waals surface area (Å²) in [6.07, 6.45) is 0. The third kappa shape index (κ3) is 4.76. The topological polar surface area (TPSA) is 86.8 Å². The molecule has 0 aliphatic carbocycles. The van der Waals surface area contributed by atoms with Crippen molar-refractivity contribution in [2.24, 2.45) is 0 Å². The highest BCUT2D eigenvalue weighted by molar-refractivity contribution is 7.89. The van der Waals surface area contributed by atoms with Gasteiger partial charge in [-0.15, -0.1) is 0 Å². The highest BCUT2D eigenvalue weighted by Crippen LogP contribution is 2.16. The van der Waals surface area contributed by atoms with Crippen LogP contribution in [0, 0.1) is 0 Å². The fourth-order valence-electron chi connectivity index (χ4n) is 2.58. The molecule has 0 unspecified atom stereocenters. The predicted molar refractivity (Wildman–Crippen MR) is 109 cm³/mol. The minimum atomic E-state index is -3.54. The van der Waals surface area contributed by atoms with Gasteiger partial charge in [0.25, 0.3) is 11.8 Å². The number of amides is 2. The number of rotatable bonds is 7. The number of carbonyl (C=O) groups excluding carboxylic acids is 2. The summed E-state index contributed by atoms with van der Waals surface area (Å²) in [4.78, 5) is 26.5. The molecule has 0 saturated carbocycles. The van der Waals surface area contributed by atoms with Gasteiger partial charge in [-0.3, -0.25) is 9.59 Å². The molecule has 0 aliphatic rings. The Balaban J connectivity index is 2.10. The molecule has 2 amide bonds. The van der Waals surface area contributed by atoms with Crippen LogP contribution in [-0.2, 0) is 10.0 Å². The maximum absolute atomic E-state index is 12.4. The standard InChI is InChI=1S/C20H25N3O4S/c1-5-23(6-2)20(25)16-7-11-17(12-8-16)21-19(24)15-9-13-18(14-10-15)28(26,27)22(3)4/h7-14H,5-6H2,1-4H3,(H,21,24). The Bertz CT molecular complexity index is 932. The van der Waals surface area contributed by atoms with Crippen LogP contribution >= 0.6 is 0 Å². The van der Waals surface area contributed by atoms with E-state index in [1.165, 1.54) is 38.4 Å². The molecule has 0 fully saturated rings.